The SMILES string of the molecule is Cn1nc(-c2cccs2)cc1C(=O)N1CCOC[C@@H](CO)C1. The maximum atomic E-state index is 12.7. The third-order valence-corrected chi connectivity index (χ3v) is 4.65. The molecule has 0 spiro atoms. The van der Waals surface area contributed by atoms with Gasteiger partial charge >= 0.3 is 0 Å². The van der Waals surface area contributed by atoms with Crippen molar-refractivity contribution in [1.82, 2.24) is 14.7 Å². The highest BCUT2D eigenvalue weighted by Gasteiger charge is 2.25. The van der Waals surface area contributed by atoms with Crippen molar-refractivity contribution in [2.24, 2.45) is 13.0 Å². The summed E-state index contributed by atoms with van der Waals surface area (Å²) in [5.74, 6) is -0.0989. The van der Waals surface area contributed by atoms with E-state index in [-0.39, 0.29) is 18.4 Å². The molecule has 2 aromatic heterocycles. The lowest BCUT2D eigenvalue weighted by Crippen LogP contribution is -2.37. The molecule has 0 saturated carbocycles. The average molecular weight is 321 g/mol. The van der Waals surface area contributed by atoms with Gasteiger partial charge in [-0.05, 0) is 17.5 Å². The molecule has 1 aliphatic heterocycles. The van der Waals surface area contributed by atoms with Crippen LogP contribution in [0.3, 0.4) is 0 Å². The molecular formula is C15H19N3O3S. The molecule has 6 nitrogen and oxygen atoms in total. The Labute approximate surface area is 132 Å². The number of aromatic nitrogens is 2. The lowest BCUT2D eigenvalue weighted by Gasteiger charge is -2.22. The van der Waals surface area contributed by atoms with E-state index in [1.54, 1.807) is 28.0 Å². The largest absolute Gasteiger partial charge is 0.396 e. The second kappa shape index (κ2) is 6.60. The number of aryl methyl sites for hydroxylation is 1. The minimum absolute atomic E-state index is 0.0234. The Kier molecular flexibility index (Phi) is 4.56. The van der Waals surface area contributed by atoms with Gasteiger partial charge in [-0.15, -0.1) is 11.3 Å². The van der Waals surface area contributed by atoms with Crippen molar-refractivity contribution >= 4 is 17.2 Å². The Bertz CT molecular complexity index is 639. The first kappa shape index (κ1) is 15.2. The van der Waals surface area contributed by atoms with Crippen LogP contribution in [0.2, 0.25) is 0 Å². The zero-order valence-corrected chi connectivity index (χ0v) is 13.3. The summed E-state index contributed by atoms with van der Waals surface area (Å²) in [5, 5.41) is 15.8. The monoisotopic (exact) mass is 321 g/mol. The van der Waals surface area contributed by atoms with Gasteiger partial charge < -0.3 is 14.7 Å². The van der Waals surface area contributed by atoms with Crippen LogP contribution in [0.5, 0.6) is 0 Å². The van der Waals surface area contributed by atoms with Gasteiger partial charge in [0.2, 0.25) is 0 Å². The van der Waals surface area contributed by atoms with Crippen molar-refractivity contribution in [3.05, 3.63) is 29.3 Å². The highest BCUT2D eigenvalue weighted by atomic mass is 32.1. The number of amides is 1. The van der Waals surface area contributed by atoms with Crippen molar-refractivity contribution < 1.29 is 14.6 Å². The van der Waals surface area contributed by atoms with E-state index in [0.717, 1.165) is 10.6 Å². The lowest BCUT2D eigenvalue weighted by atomic mass is 10.1. The number of carbonyl (C=O) groups is 1. The van der Waals surface area contributed by atoms with Gasteiger partial charge in [0, 0.05) is 32.7 Å². The summed E-state index contributed by atoms with van der Waals surface area (Å²) in [6.45, 7) is 2.06. The molecule has 0 aliphatic carbocycles. The molecular weight excluding hydrogens is 302 g/mol. The zero-order valence-electron chi connectivity index (χ0n) is 12.4. The van der Waals surface area contributed by atoms with Gasteiger partial charge in [-0.3, -0.25) is 9.48 Å². The van der Waals surface area contributed by atoms with E-state index in [1.165, 1.54) is 0 Å². The van der Waals surface area contributed by atoms with E-state index in [2.05, 4.69) is 5.10 Å². The number of rotatable bonds is 3. The smallest absolute Gasteiger partial charge is 0.272 e. The Morgan fingerprint density at radius 2 is 2.45 bits per heavy atom. The van der Waals surface area contributed by atoms with Gasteiger partial charge in [0.05, 0.1) is 18.1 Å². The van der Waals surface area contributed by atoms with Crippen LogP contribution in [-0.4, -0.2) is 58.6 Å². The van der Waals surface area contributed by atoms with Crippen LogP contribution in [0.1, 0.15) is 10.5 Å². The van der Waals surface area contributed by atoms with E-state index in [0.29, 0.717) is 32.0 Å². The minimum atomic E-state index is -0.0678. The molecule has 3 rings (SSSR count). The first-order valence-corrected chi connectivity index (χ1v) is 8.13. The number of carbonyl (C=O) groups excluding carboxylic acids is 1. The molecule has 1 fully saturated rings. The number of hydrogen-bond acceptors (Lipinski definition) is 5. The van der Waals surface area contributed by atoms with Crippen molar-refractivity contribution in [3.8, 4) is 10.6 Å². The molecule has 1 N–H and O–H groups in total. The van der Waals surface area contributed by atoms with Crippen LogP contribution in [0, 0.1) is 5.92 Å². The van der Waals surface area contributed by atoms with Gasteiger partial charge in [-0.2, -0.15) is 5.10 Å². The molecule has 118 valence electrons. The molecule has 0 unspecified atom stereocenters. The summed E-state index contributed by atoms with van der Waals surface area (Å²) >= 11 is 1.60. The third kappa shape index (κ3) is 3.06. The Balaban J connectivity index is 1.82. The number of nitrogens with zero attached hydrogens (tertiary/aromatic N) is 3. The van der Waals surface area contributed by atoms with Gasteiger partial charge in [-0.25, -0.2) is 0 Å². The molecule has 1 saturated heterocycles. The highest BCUT2D eigenvalue weighted by molar-refractivity contribution is 7.13. The summed E-state index contributed by atoms with van der Waals surface area (Å²) in [5.41, 5.74) is 1.37. The lowest BCUT2D eigenvalue weighted by molar-refractivity contribution is 0.0717. The molecule has 1 amide bonds. The van der Waals surface area contributed by atoms with Crippen molar-refractivity contribution in [2.45, 2.75) is 0 Å². The molecule has 22 heavy (non-hydrogen) atoms. The van der Waals surface area contributed by atoms with Crippen LogP contribution in [-0.2, 0) is 11.8 Å². The second-order valence-electron chi connectivity index (χ2n) is 5.39. The Morgan fingerprint density at radius 3 is 3.18 bits per heavy atom. The van der Waals surface area contributed by atoms with Crippen molar-refractivity contribution in [2.75, 3.05) is 32.9 Å². The fourth-order valence-corrected chi connectivity index (χ4v) is 3.23. The Hall–Kier alpha value is -1.70. The van der Waals surface area contributed by atoms with E-state index in [4.69, 9.17) is 4.74 Å². The van der Waals surface area contributed by atoms with Gasteiger partial charge in [0.1, 0.15) is 11.4 Å². The molecule has 0 radical (unpaired) electrons. The van der Waals surface area contributed by atoms with Crippen molar-refractivity contribution in [1.29, 1.82) is 0 Å². The highest BCUT2D eigenvalue weighted by Crippen LogP contribution is 2.24. The molecule has 0 aromatic carbocycles. The predicted molar refractivity (Wildman–Crippen MR) is 83.8 cm³/mol. The van der Waals surface area contributed by atoms with E-state index < -0.39 is 0 Å². The normalized spacial score (nSPS) is 19.2. The van der Waals surface area contributed by atoms with Gasteiger partial charge in [0.25, 0.3) is 5.91 Å². The second-order valence-corrected chi connectivity index (χ2v) is 6.34. The van der Waals surface area contributed by atoms with Crippen LogP contribution in [0.4, 0.5) is 0 Å². The van der Waals surface area contributed by atoms with Gasteiger partial charge in [-0.1, -0.05) is 6.07 Å². The number of aliphatic hydroxyl groups is 1. The number of ether oxygens (including phenoxy) is 1. The predicted octanol–water partition coefficient (Wildman–Crippen LogP) is 1.23. The minimum Gasteiger partial charge on any atom is -0.396 e. The zero-order chi connectivity index (χ0) is 15.5. The van der Waals surface area contributed by atoms with E-state index >= 15 is 0 Å². The summed E-state index contributed by atoms with van der Waals surface area (Å²) in [7, 11) is 1.78. The maximum Gasteiger partial charge on any atom is 0.272 e. The maximum absolute atomic E-state index is 12.7. The summed E-state index contributed by atoms with van der Waals surface area (Å²) in [6, 6.07) is 5.78. The summed E-state index contributed by atoms with van der Waals surface area (Å²) in [4.78, 5) is 15.5. The van der Waals surface area contributed by atoms with Gasteiger partial charge in [0.15, 0.2) is 0 Å². The number of hydrogen-bond donors (Lipinski definition) is 1. The fraction of sp³-hybridized carbons (Fsp3) is 0.467. The fourth-order valence-electron chi connectivity index (χ4n) is 2.55. The summed E-state index contributed by atoms with van der Waals surface area (Å²) < 4.78 is 7.06. The molecule has 1 aliphatic rings. The van der Waals surface area contributed by atoms with Crippen LogP contribution < -0.4 is 0 Å². The van der Waals surface area contributed by atoms with E-state index in [1.807, 2.05) is 23.6 Å². The van der Waals surface area contributed by atoms with E-state index in [9.17, 15) is 9.90 Å². The Morgan fingerprint density at radius 1 is 1.59 bits per heavy atom. The standard InChI is InChI=1S/C15H19N3O3S/c1-17-13(7-12(16-17)14-3-2-6-22-14)15(20)18-4-5-21-10-11(8-18)9-19/h2-3,6-7,11,19H,4-5,8-10H2,1H3/t11-/m1/s1. The topological polar surface area (TPSA) is 67.6 Å². The molecule has 2 aromatic rings. The molecule has 3 heterocycles. The van der Waals surface area contributed by atoms with Crippen LogP contribution >= 0.6 is 11.3 Å². The number of thiophene rings is 1. The first-order valence-electron chi connectivity index (χ1n) is 7.25. The van der Waals surface area contributed by atoms with Crippen LogP contribution in [0.15, 0.2) is 23.6 Å². The first-order chi connectivity index (χ1) is 10.7. The molecule has 7 heteroatoms. The summed E-state index contributed by atoms with van der Waals surface area (Å²) in [6.07, 6.45) is 0. The van der Waals surface area contributed by atoms with Crippen molar-refractivity contribution in [3.63, 3.8) is 0 Å². The number of aliphatic hydroxyl groups excluding tert-OH is 1. The quantitative estimate of drug-likeness (QED) is 0.923. The van der Waals surface area contributed by atoms with Crippen LogP contribution in [0.25, 0.3) is 10.6 Å². The average Bonchev–Trinajstić information content (AvgIpc) is 3.10. The third-order valence-electron chi connectivity index (χ3n) is 3.76. The molecule has 0 bridgehead atoms. The molecule has 1 atom stereocenters.